The highest BCUT2D eigenvalue weighted by Gasteiger charge is 2.14. The Morgan fingerprint density at radius 3 is 2.32 bits per heavy atom. The average Bonchev–Trinajstić information content (AvgIpc) is 3.11. The number of halogens is 2. The number of piperidine rings is 1. The summed E-state index contributed by atoms with van der Waals surface area (Å²) in [6.07, 6.45) is 5.06. The number of aromatic nitrogens is 2. The first kappa shape index (κ1) is 27.0. The van der Waals surface area contributed by atoms with Gasteiger partial charge in [0.1, 0.15) is 0 Å². The number of alkyl halides is 2. The van der Waals surface area contributed by atoms with Crippen LogP contribution in [0.15, 0.2) is 0 Å². The van der Waals surface area contributed by atoms with Gasteiger partial charge >= 0.3 is 0 Å². The van der Waals surface area contributed by atoms with Crippen LogP contribution in [0.25, 0.3) is 0 Å². The van der Waals surface area contributed by atoms with E-state index in [1.807, 2.05) is 0 Å². The summed E-state index contributed by atoms with van der Waals surface area (Å²) in [6, 6.07) is 0. The Morgan fingerprint density at radius 1 is 1.07 bits per heavy atom. The molecule has 5 nitrogen and oxygen atoms in total. The van der Waals surface area contributed by atoms with Crippen LogP contribution in [0.2, 0.25) is 0 Å². The van der Waals surface area contributed by atoms with E-state index in [9.17, 15) is 8.78 Å². The third-order valence-corrected chi connectivity index (χ3v) is 5.31. The minimum Gasteiger partial charge on any atom is -0.360 e. The van der Waals surface area contributed by atoms with Crippen LogP contribution >= 0.6 is 11.3 Å². The first-order chi connectivity index (χ1) is 13.1. The largest absolute Gasteiger partial charge is 0.360 e. The van der Waals surface area contributed by atoms with Gasteiger partial charge in [-0.2, -0.15) is 0 Å². The summed E-state index contributed by atoms with van der Waals surface area (Å²) in [5.74, 6) is 0. The molecule has 0 amide bonds. The third-order valence-electron chi connectivity index (χ3n) is 4.36. The Labute approximate surface area is 174 Å². The van der Waals surface area contributed by atoms with Crippen molar-refractivity contribution in [1.82, 2.24) is 15.1 Å². The minimum atomic E-state index is -2.10. The maximum atomic E-state index is 11.0. The minimum absolute atomic E-state index is 0. The Balaban J connectivity index is 0.000000910. The fraction of sp³-hybridized carbons (Fsp3) is 0.900. The standard InChI is InChI=1S/C15H29N5S.C4H8F2.CH4/c1-3-9-20(15-18-17-14(21-15)16-4-2)13-8-12-19-10-6-5-7-11-19;1-2-3-4(5)6;/h3-13H2,1-2H3,(H,16,17);4H,2-3H2,1H3;1H4. The molecule has 0 spiro atoms. The van der Waals surface area contributed by atoms with E-state index in [0.29, 0.717) is 6.42 Å². The maximum Gasteiger partial charge on any atom is 0.238 e. The van der Waals surface area contributed by atoms with Gasteiger partial charge in [-0.15, -0.1) is 10.2 Å². The second-order valence-electron chi connectivity index (χ2n) is 6.84. The van der Waals surface area contributed by atoms with E-state index in [2.05, 4.69) is 39.2 Å². The van der Waals surface area contributed by atoms with Gasteiger partial charge in [0.05, 0.1) is 0 Å². The summed E-state index contributed by atoms with van der Waals surface area (Å²) in [7, 11) is 0. The van der Waals surface area contributed by atoms with Crippen LogP contribution in [-0.2, 0) is 0 Å². The van der Waals surface area contributed by atoms with Crippen molar-refractivity contribution in [2.45, 2.75) is 79.6 Å². The van der Waals surface area contributed by atoms with Gasteiger partial charge in [0.25, 0.3) is 0 Å². The average molecular weight is 422 g/mol. The number of nitrogens with zero attached hydrogens (tertiary/aromatic N) is 4. The van der Waals surface area contributed by atoms with Gasteiger partial charge in [-0.3, -0.25) is 0 Å². The van der Waals surface area contributed by atoms with Gasteiger partial charge < -0.3 is 15.1 Å². The van der Waals surface area contributed by atoms with Crippen LogP contribution in [-0.4, -0.2) is 60.8 Å². The zero-order valence-corrected chi connectivity index (χ0v) is 18.0. The van der Waals surface area contributed by atoms with Gasteiger partial charge in [-0.25, -0.2) is 8.78 Å². The molecule has 8 heteroatoms. The number of nitrogens with one attached hydrogen (secondary N) is 1. The maximum absolute atomic E-state index is 11.0. The van der Waals surface area contributed by atoms with Gasteiger partial charge in [-0.1, -0.05) is 45.5 Å². The van der Waals surface area contributed by atoms with Gasteiger partial charge in [0.2, 0.25) is 16.7 Å². The second kappa shape index (κ2) is 16.9. The summed E-state index contributed by atoms with van der Waals surface area (Å²) in [5.41, 5.74) is 0. The van der Waals surface area contributed by atoms with Crippen LogP contribution in [0, 0.1) is 0 Å². The van der Waals surface area contributed by atoms with Crippen molar-refractivity contribution < 1.29 is 8.78 Å². The van der Waals surface area contributed by atoms with E-state index in [0.717, 1.165) is 36.3 Å². The lowest BCUT2D eigenvalue weighted by Crippen LogP contribution is -2.33. The van der Waals surface area contributed by atoms with Gasteiger partial charge in [0, 0.05) is 26.1 Å². The fourth-order valence-electron chi connectivity index (χ4n) is 3.03. The molecular weight excluding hydrogens is 380 g/mol. The van der Waals surface area contributed by atoms with E-state index >= 15 is 0 Å². The van der Waals surface area contributed by atoms with Crippen LogP contribution in [0.5, 0.6) is 0 Å². The van der Waals surface area contributed by atoms with Crippen molar-refractivity contribution in [2.24, 2.45) is 0 Å². The Kier molecular flexibility index (Phi) is 16.3. The highest BCUT2D eigenvalue weighted by atomic mass is 32.1. The predicted molar refractivity (Wildman–Crippen MR) is 119 cm³/mol. The molecule has 0 aromatic carbocycles. The highest BCUT2D eigenvalue weighted by molar-refractivity contribution is 7.19. The molecule has 1 N–H and O–H groups in total. The van der Waals surface area contributed by atoms with Crippen molar-refractivity contribution in [3.05, 3.63) is 0 Å². The number of anilines is 2. The molecule has 1 aliphatic heterocycles. The fourth-order valence-corrected chi connectivity index (χ4v) is 3.89. The zero-order chi connectivity index (χ0) is 19.9. The number of hydrogen-bond acceptors (Lipinski definition) is 6. The van der Waals surface area contributed by atoms with Crippen LogP contribution in [0.1, 0.15) is 73.1 Å². The number of hydrogen-bond donors (Lipinski definition) is 1. The molecule has 1 aromatic rings. The van der Waals surface area contributed by atoms with Crippen molar-refractivity contribution in [3.63, 3.8) is 0 Å². The van der Waals surface area contributed by atoms with E-state index in [4.69, 9.17) is 0 Å². The molecule has 0 saturated carbocycles. The Hall–Kier alpha value is -1.02. The molecule has 0 atom stereocenters. The lowest BCUT2D eigenvalue weighted by molar-refractivity contribution is 0.137. The topological polar surface area (TPSA) is 44.3 Å². The molecule has 0 bridgehead atoms. The van der Waals surface area contributed by atoms with Crippen LogP contribution < -0.4 is 10.2 Å². The Morgan fingerprint density at radius 2 is 1.79 bits per heavy atom. The second-order valence-corrected chi connectivity index (χ2v) is 7.80. The normalized spacial score (nSPS) is 14.2. The van der Waals surface area contributed by atoms with Crippen molar-refractivity contribution in [3.8, 4) is 0 Å². The van der Waals surface area contributed by atoms with Gasteiger partial charge in [-0.05, 0) is 52.2 Å². The van der Waals surface area contributed by atoms with Crippen molar-refractivity contribution in [1.29, 1.82) is 0 Å². The molecule has 2 heterocycles. The Bertz CT molecular complexity index is 467. The molecule has 0 unspecified atom stereocenters. The predicted octanol–water partition coefficient (Wildman–Crippen LogP) is 5.75. The van der Waals surface area contributed by atoms with Crippen molar-refractivity contribution >= 4 is 21.6 Å². The molecule has 2 rings (SSSR count). The highest BCUT2D eigenvalue weighted by Crippen LogP contribution is 2.24. The smallest absolute Gasteiger partial charge is 0.238 e. The van der Waals surface area contributed by atoms with Gasteiger partial charge in [0.15, 0.2) is 0 Å². The molecule has 28 heavy (non-hydrogen) atoms. The molecule has 1 fully saturated rings. The molecule has 166 valence electrons. The quantitative estimate of drug-likeness (QED) is 0.493. The van der Waals surface area contributed by atoms with E-state index in [1.54, 1.807) is 18.3 Å². The number of likely N-dealkylation sites (tertiary alicyclic amines) is 1. The third kappa shape index (κ3) is 11.7. The summed E-state index contributed by atoms with van der Waals surface area (Å²) in [4.78, 5) is 5.00. The summed E-state index contributed by atoms with van der Waals surface area (Å²) < 4.78 is 22.1. The van der Waals surface area contributed by atoms with E-state index in [-0.39, 0.29) is 13.8 Å². The lowest BCUT2D eigenvalue weighted by Gasteiger charge is -2.28. The first-order valence-corrected chi connectivity index (χ1v) is 11.2. The van der Waals surface area contributed by atoms with Crippen LogP contribution in [0.4, 0.5) is 19.0 Å². The molecule has 0 aliphatic carbocycles. The van der Waals surface area contributed by atoms with E-state index in [1.165, 1.54) is 45.3 Å². The summed E-state index contributed by atoms with van der Waals surface area (Å²) >= 11 is 1.67. The first-order valence-electron chi connectivity index (χ1n) is 10.4. The molecular formula is C20H41F2N5S. The number of rotatable bonds is 11. The summed E-state index contributed by atoms with van der Waals surface area (Å²) in [5, 5.41) is 13.8. The van der Waals surface area contributed by atoms with Crippen molar-refractivity contribution in [2.75, 3.05) is 49.5 Å². The molecule has 1 aliphatic rings. The lowest BCUT2D eigenvalue weighted by atomic mass is 10.1. The molecule has 0 radical (unpaired) electrons. The van der Waals surface area contributed by atoms with Crippen LogP contribution in [0.3, 0.4) is 0 Å². The molecule has 1 saturated heterocycles. The SMILES string of the molecule is C.CCCC(F)F.CCCN(CCCN1CCCCC1)c1nnc(NCC)s1. The zero-order valence-electron chi connectivity index (χ0n) is 17.2. The monoisotopic (exact) mass is 421 g/mol. The molecule has 1 aromatic heterocycles. The van der Waals surface area contributed by atoms with E-state index < -0.39 is 6.43 Å². The summed E-state index contributed by atoms with van der Waals surface area (Å²) in [6.45, 7) is 12.9.